The molecule has 0 radical (unpaired) electrons. The van der Waals surface area contributed by atoms with Gasteiger partial charge in [-0.2, -0.15) is 0 Å². The molecule has 1 aromatic heterocycles. The van der Waals surface area contributed by atoms with Crippen LogP contribution in [-0.4, -0.2) is 39.9 Å². The van der Waals surface area contributed by atoms with Crippen LogP contribution in [0.2, 0.25) is 0 Å². The molecule has 0 aliphatic carbocycles. The first kappa shape index (κ1) is 20.3. The van der Waals surface area contributed by atoms with E-state index in [-0.39, 0.29) is 18.4 Å². The molecular weight excluding hydrogens is 388 g/mol. The van der Waals surface area contributed by atoms with Gasteiger partial charge >= 0.3 is 0 Å². The molecule has 156 valence electrons. The number of aromatic nitrogens is 2. The van der Waals surface area contributed by atoms with E-state index in [2.05, 4.69) is 10.3 Å². The molecule has 31 heavy (non-hydrogen) atoms. The lowest BCUT2D eigenvalue weighted by atomic mass is 10.1. The van der Waals surface area contributed by atoms with Gasteiger partial charge in [-0.05, 0) is 54.4 Å². The number of carbonyl (C=O) groups excluding carboxylic acids is 2. The van der Waals surface area contributed by atoms with Gasteiger partial charge in [0.1, 0.15) is 6.33 Å². The van der Waals surface area contributed by atoms with Gasteiger partial charge in [0, 0.05) is 24.0 Å². The van der Waals surface area contributed by atoms with Gasteiger partial charge in [-0.1, -0.05) is 37.3 Å². The molecule has 4 rings (SSSR count). The second-order valence-corrected chi connectivity index (χ2v) is 7.37. The first-order valence-electron chi connectivity index (χ1n) is 10.2. The van der Waals surface area contributed by atoms with Gasteiger partial charge in [-0.3, -0.25) is 14.2 Å². The van der Waals surface area contributed by atoms with Crippen LogP contribution in [0.3, 0.4) is 0 Å². The molecule has 2 amide bonds. The van der Waals surface area contributed by atoms with E-state index in [1.807, 2.05) is 72.2 Å². The summed E-state index contributed by atoms with van der Waals surface area (Å²) in [4.78, 5) is 31.1. The van der Waals surface area contributed by atoms with E-state index in [9.17, 15) is 9.59 Å². The van der Waals surface area contributed by atoms with Crippen LogP contribution in [0.5, 0.6) is 0 Å². The van der Waals surface area contributed by atoms with Crippen LogP contribution in [-0.2, 0) is 11.2 Å². The molecule has 0 fully saturated rings. The monoisotopic (exact) mass is 412 g/mol. The summed E-state index contributed by atoms with van der Waals surface area (Å²) in [5, 5.41) is 2.90. The van der Waals surface area contributed by atoms with E-state index < -0.39 is 0 Å². The molecule has 0 aliphatic heterocycles. The molecule has 0 aliphatic rings. The zero-order chi connectivity index (χ0) is 21.8. The predicted molar refractivity (Wildman–Crippen MR) is 122 cm³/mol. The molecule has 3 aromatic carbocycles. The van der Waals surface area contributed by atoms with Gasteiger partial charge < -0.3 is 10.2 Å². The molecule has 6 heteroatoms. The van der Waals surface area contributed by atoms with Crippen LogP contribution in [0.25, 0.3) is 16.7 Å². The highest BCUT2D eigenvalue weighted by Gasteiger charge is 2.16. The Kier molecular flexibility index (Phi) is 5.80. The van der Waals surface area contributed by atoms with Crippen LogP contribution >= 0.6 is 0 Å². The normalized spacial score (nSPS) is 10.8. The molecule has 0 bridgehead atoms. The van der Waals surface area contributed by atoms with Gasteiger partial charge in [0.05, 0.1) is 17.6 Å². The van der Waals surface area contributed by atoms with Gasteiger partial charge in [0.15, 0.2) is 0 Å². The van der Waals surface area contributed by atoms with Crippen molar-refractivity contribution in [3.8, 4) is 5.69 Å². The largest absolute Gasteiger partial charge is 0.332 e. The lowest BCUT2D eigenvalue weighted by Gasteiger charge is -2.18. The highest BCUT2D eigenvalue weighted by Crippen LogP contribution is 2.19. The Labute approximate surface area is 181 Å². The number of para-hydroxylation sites is 3. The minimum Gasteiger partial charge on any atom is -0.332 e. The van der Waals surface area contributed by atoms with Crippen molar-refractivity contribution < 1.29 is 9.59 Å². The minimum absolute atomic E-state index is 0.0230. The molecule has 0 unspecified atom stereocenters. The van der Waals surface area contributed by atoms with Crippen LogP contribution in [0.1, 0.15) is 22.8 Å². The smallest absolute Gasteiger partial charge is 0.254 e. The van der Waals surface area contributed by atoms with Crippen molar-refractivity contribution >= 4 is 28.5 Å². The second kappa shape index (κ2) is 8.83. The molecule has 0 spiro atoms. The molecular formula is C25H24N4O2. The Morgan fingerprint density at radius 2 is 1.68 bits per heavy atom. The number of rotatable bonds is 6. The number of imidazole rings is 1. The van der Waals surface area contributed by atoms with E-state index in [1.54, 1.807) is 25.5 Å². The number of fused-ring (bicyclic) bond motifs is 1. The van der Waals surface area contributed by atoms with Crippen molar-refractivity contribution in [3.05, 3.63) is 90.3 Å². The average Bonchev–Trinajstić information content (AvgIpc) is 3.23. The number of benzene rings is 3. The molecule has 0 saturated heterocycles. The molecule has 6 nitrogen and oxygen atoms in total. The Morgan fingerprint density at radius 3 is 2.45 bits per heavy atom. The van der Waals surface area contributed by atoms with Gasteiger partial charge in [-0.15, -0.1) is 0 Å². The van der Waals surface area contributed by atoms with Crippen molar-refractivity contribution in [2.75, 3.05) is 18.9 Å². The Bertz CT molecular complexity index is 1230. The van der Waals surface area contributed by atoms with Crippen molar-refractivity contribution in [1.29, 1.82) is 0 Å². The van der Waals surface area contributed by atoms with Crippen molar-refractivity contribution in [1.82, 2.24) is 14.5 Å². The fourth-order valence-corrected chi connectivity index (χ4v) is 3.58. The Hall–Kier alpha value is -3.93. The van der Waals surface area contributed by atoms with E-state index in [1.165, 1.54) is 4.90 Å². The SMILES string of the molecule is CCc1ccccc1NC(=O)CN(C)C(=O)c1ccc(-n2cnc3ccccc32)cc1. The lowest BCUT2D eigenvalue weighted by Crippen LogP contribution is -2.35. The number of carbonyl (C=O) groups is 2. The van der Waals surface area contributed by atoms with Crippen molar-refractivity contribution in [3.63, 3.8) is 0 Å². The third-order valence-corrected chi connectivity index (χ3v) is 5.25. The number of amides is 2. The third kappa shape index (κ3) is 4.33. The number of hydrogen-bond donors (Lipinski definition) is 1. The maximum absolute atomic E-state index is 12.8. The maximum Gasteiger partial charge on any atom is 0.254 e. The summed E-state index contributed by atoms with van der Waals surface area (Å²) in [7, 11) is 1.63. The van der Waals surface area contributed by atoms with E-state index in [0.29, 0.717) is 5.56 Å². The minimum atomic E-state index is -0.224. The van der Waals surface area contributed by atoms with Crippen molar-refractivity contribution in [2.45, 2.75) is 13.3 Å². The maximum atomic E-state index is 12.8. The highest BCUT2D eigenvalue weighted by atomic mass is 16.2. The van der Waals surface area contributed by atoms with Crippen molar-refractivity contribution in [2.24, 2.45) is 0 Å². The predicted octanol–water partition coefficient (Wildman–Crippen LogP) is 4.30. The zero-order valence-electron chi connectivity index (χ0n) is 17.6. The summed E-state index contributed by atoms with van der Waals surface area (Å²) in [5.41, 5.74) is 5.21. The number of anilines is 1. The quantitative estimate of drug-likeness (QED) is 0.513. The van der Waals surface area contributed by atoms with Crippen LogP contribution < -0.4 is 5.32 Å². The van der Waals surface area contributed by atoms with E-state index in [0.717, 1.165) is 34.4 Å². The number of nitrogens with one attached hydrogen (secondary N) is 1. The zero-order valence-corrected chi connectivity index (χ0v) is 17.6. The topological polar surface area (TPSA) is 67.2 Å². The summed E-state index contributed by atoms with van der Waals surface area (Å²) in [5.74, 6) is -0.431. The number of likely N-dealkylation sites (N-methyl/N-ethyl adjacent to an activating group) is 1. The lowest BCUT2D eigenvalue weighted by molar-refractivity contribution is -0.116. The van der Waals surface area contributed by atoms with E-state index in [4.69, 9.17) is 0 Å². The van der Waals surface area contributed by atoms with Crippen LogP contribution in [0, 0.1) is 0 Å². The number of hydrogen-bond acceptors (Lipinski definition) is 3. The van der Waals surface area contributed by atoms with E-state index >= 15 is 0 Å². The fourth-order valence-electron chi connectivity index (χ4n) is 3.58. The molecule has 1 heterocycles. The van der Waals surface area contributed by atoms with Crippen LogP contribution in [0.4, 0.5) is 5.69 Å². The standard InChI is InChI=1S/C25H24N4O2/c1-3-18-8-4-5-9-21(18)27-24(30)16-28(2)25(31)19-12-14-20(15-13-19)29-17-26-22-10-6-7-11-23(22)29/h4-15,17H,3,16H2,1-2H3,(H,27,30). The average molecular weight is 412 g/mol. The van der Waals surface area contributed by atoms with Gasteiger partial charge in [0.25, 0.3) is 5.91 Å². The molecule has 4 aromatic rings. The summed E-state index contributed by atoms with van der Waals surface area (Å²) >= 11 is 0. The Morgan fingerprint density at radius 1 is 0.968 bits per heavy atom. The van der Waals surface area contributed by atoms with Gasteiger partial charge in [0.2, 0.25) is 5.91 Å². The van der Waals surface area contributed by atoms with Crippen LogP contribution in [0.15, 0.2) is 79.1 Å². The Balaban J connectivity index is 1.43. The number of aryl methyl sites for hydroxylation is 1. The molecule has 0 atom stereocenters. The molecule has 1 N–H and O–H groups in total. The number of nitrogens with zero attached hydrogens (tertiary/aromatic N) is 3. The first-order valence-corrected chi connectivity index (χ1v) is 10.2. The fraction of sp³-hybridized carbons (Fsp3) is 0.160. The molecule has 0 saturated carbocycles. The summed E-state index contributed by atoms with van der Waals surface area (Å²) < 4.78 is 1.98. The summed E-state index contributed by atoms with van der Waals surface area (Å²) in [6.07, 6.45) is 2.59. The third-order valence-electron chi connectivity index (χ3n) is 5.25. The highest BCUT2D eigenvalue weighted by molar-refractivity contribution is 5.99. The summed E-state index contributed by atoms with van der Waals surface area (Å²) in [6.45, 7) is 2.02. The summed E-state index contributed by atoms with van der Waals surface area (Å²) in [6, 6.07) is 22.9. The second-order valence-electron chi connectivity index (χ2n) is 7.37. The van der Waals surface area contributed by atoms with Gasteiger partial charge in [-0.25, -0.2) is 4.98 Å². The first-order chi connectivity index (χ1) is 15.1.